The molecule has 1 aromatic rings. The van der Waals surface area contributed by atoms with Gasteiger partial charge >= 0.3 is 0 Å². The first-order valence-corrected chi connectivity index (χ1v) is 4.62. The second-order valence-electron chi connectivity index (χ2n) is 3.54. The van der Waals surface area contributed by atoms with E-state index in [-0.39, 0.29) is 17.7 Å². The van der Waals surface area contributed by atoms with Crippen LogP contribution in [0.1, 0.15) is 29.8 Å². The predicted octanol–water partition coefficient (Wildman–Crippen LogP) is 1.59. The Morgan fingerprint density at radius 1 is 1.54 bits per heavy atom. The smallest absolute Gasteiger partial charge is 0.202 e. The molecule has 3 nitrogen and oxygen atoms in total. The summed E-state index contributed by atoms with van der Waals surface area (Å²) in [7, 11) is 0. The summed E-state index contributed by atoms with van der Waals surface area (Å²) in [5.74, 6) is 0.489. The molecule has 0 aromatic carbocycles. The van der Waals surface area contributed by atoms with Crippen molar-refractivity contribution in [3.8, 4) is 0 Å². The van der Waals surface area contributed by atoms with E-state index < -0.39 is 0 Å². The van der Waals surface area contributed by atoms with Crippen molar-refractivity contribution in [2.24, 2.45) is 11.7 Å². The van der Waals surface area contributed by atoms with Crippen molar-refractivity contribution >= 4 is 5.78 Å². The minimum Gasteiger partial charge on any atom is -0.461 e. The van der Waals surface area contributed by atoms with Crippen LogP contribution in [0.5, 0.6) is 0 Å². The molecule has 2 N–H and O–H groups in total. The van der Waals surface area contributed by atoms with E-state index in [9.17, 15) is 4.79 Å². The highest BCUT2D eigenvalue weighted by Gasteiger charge is 2.31. The van der Waals surface area contributed by atoms with Crippen LogP contribution in [0.4, 0.5) is 0 Å². The molecule has 1 heterocycles. The molecule has 3 heteroatoms. The van der Waals surface area contributed by atoms with Crippen molar-refractivity contribution in [3.05, 3.63) is 24.2 Å². The number of rotatable bonds is 2. The van der Waals surface area contributed by atoms with Gasteiger partial charge in [-0.3, -0.25) is 4.79 Å². The molecule has 0 radical (unpaired) electrons. The summed E-state index contributed by atoms with van der Waals surface area (Å²) < 4.78 is 5.05. The van der Waals surface area contributed by atoms with E-state index in [1.165, 1.54) is 6.26 Å². The van der Waals surface area contributed by atoms with Crippen LogP contribution in [-0.2, 0) is 0 Å². The molecule has 1 fully saturated rings. The number of Topliss-reactive ketones (excluding diaryl/α,β-unsaturated/α-hetero) is 1. The first kappa shape index (κ1) is 8.51. The van der Waals surface area contributed by atoms with Gasteiger partial charge in [-0.25, -0.2) is 0 Å². The summed E-state index contributed by atoms with van der Waals surface area (Å²) in [5, 5.41) is 0. The van der Waals surface area contributed by atoms with E-state index in [1.807, 2.05) is 0 Å². The lowest BCUT2D eigenvalue weighted by atomic mass is 9.97. The van der Waals surface area contributed by atoms with E-state index >= 15 is 0 Å². The van der Waals surface area contributed by atoms with Gasteiger partial charge in [-0.2, -0.15) is 0 Å². The fourth-order valence-electron chi connectivity index (χ4n) is 1.92. The summed E-state index contributed by atoms with van der Waals surface area (Å²) in [5.41, 5.74) is 5.82. The Hall–Kier alpha value is -1.09. The Kier molecular flexibility index (Phi) is 2.19. The number of hydrogen-bond acceptors (Lipinski definition) is 3. The number of hydrogen-bond donors (Lipinski definition) is 1. The Bertz CT molecular complexity index is 292. The van der Waals surface area contributed by atoms with E-state index in [0.717, 1.165) is 19.3 Å². The van der Waals surface area contributed by atoms with Crippen molar-refractivity contribution in [2.75, 3.05) is 0 Å². The van der Waals surface area contributed by atoms with Crippen LogP contribution in [0.2, 0.25) is 0 Å². The molecule has 1 aliphatic carbocycles. The van der Waals surface area contributed by atoms with E-state index in [2.05, 4.69) is 0 Å². The molecular weight excluding hydrogens is 166 g/mol. The average molecular weight is 179 g/mol. The lowest BCUT2D eigenvalue weighted by Crippen LogP contribution is -2.30. The SMILES string of the molecule is NC1CCCC1C(=O)c1ccco1. The minimum absolute atomic E-state index is 0.0221. The van der Waals surface area contributed by atoms with Gasteiger partial charge in [0.2, 0.25) is 5.78 Å². The molecule has 1 aromatic heterocycles. The van der Waals surface area contributed by atoms with Crippen LogP contribution in [0.25, 0.3) is 0 Å². The molecule has 70 valence electrons. The third-order valence-electron chi connectivity index (χ3n) is 2.67. The lowest BCUT2D eigenvalue weighted by molar-refractivity contribution is 0.0885. The second kappa shape index (κ2) is 3.34. The zero-order valence-electron chi connectivity index (χ0n) is 7.40. The third-order valence-corrected chi connectivity index (χ3v) is 2.67. The van der Waals surface area contributed by atoms with Crippen molar-refractivity contribution in [1.82, 2.24) is 0 Å². The minimum atomic E-state index is -0.0221. The molecular formula is C10H13NO2. The molecule has 13 heavy (non-hydrogen) atoms. The maximum absolute atomic E-state index is 11.7. The topological polar surface area (TPSA) is 56.2 Å². The number of carbonyl (C=O) groups excluding carboxylic acids is 1. The lowest BCUT2D eigenvalue weighted by Gasteiger charge is -2.11. The highest BCUT2D eigenvalue weighted by atomic mass is 16.3. The third kappa shape index (κ3) is 1.52. The van der Waals surface area contributed by atoms with Crippen LogP contribution in [0.3, 0.4) is 0 Å². The first-order valence-electron chi connectivity index (χ1n) is 4.62. The average Bonchev–Trinajstić information content (AvgIpc) is 2.72. The monoisotopic (exact) mass is 179 g/mol. The molecule has 2 unspecified atom stereocenters. The van der Waals surface area contributed by atoms with Gasteiger partial charge in [0.05, 0.1) is 6.26 Å². The molecule has 0 amide bonds. The van der Waals surface area contributed by atoms with Crippen LogP contribution >= 0.6 is 0 Å². The van der Waals surface area contributed by atoms with Crippen LogP contribution < -0.4 is 5.73 Å². The summed E-state index contributed by atoms with van der Waals surface area (Å²) in [6.07, 6.45) is 4.43. The summed E-state index contributed by atoms with van der Waals surface area (Å²) in [4.78, 5) is 11.7. The molecule has 1 aliphatic rings. The first-order chi connectivity index (χ1) is 6.29. The Balaban J connectivity index is 2.13. The molecule has 2 atom stereocenters. The van der Waals surface area contributed by atoms with E-state index in [0.29, 0.717) is 5.76 Å². The van der Waals surface area contributed by atoms with Crippen LogP contribution in [0.15, 0.2) is 22.8 Å². The van der Waals surface area contributed by atoms with Gasteiger partial charge in [-0.05, 0) is 25.0 Å². The fraction of sp³-hybridized carbons (Fsp3) is 0.500. The maximum Gasteiger partial charge on any atom is 0.202 e. The Labute approximate surface area is 76.9 Å². The van der Waals surface area contributed by atoms with Crippen molar-refractivity contribution in [1.29, 1.82) is 0 Å². The molecule has 1 saturated carbocycles. The predicted molar refractivity (Wildman–Crippen MR) is 48.4 cm³/mol. The van der Waals surface area contributed by atoms with Gasteiger partial charge in [0, 0.05) is 12.0 Å². The number of nitrogens with two attached hydrogens (primary N) is 1. The normalized spacial score (nSPS) is 27.8. The van der Waals surface area contributed by atoms with Crippen LogP contribution in [-0.4, -0.2) is 11.8 Å². The van der Waals surface area contributed by atoms with Gasteiger partial charge in [0.15, 0.2) is 5.76 Å². The summed E-state index contributed by atoms with van der Waals surface area (Å²) in [6, 6.07) is 3.46. The van der Waals surface area contributed by atoms with Gasteiger partial charge in [0.25, 0.3) is 0 Å². The number of furan rings is 1. The number of carbonyl (C=O) groups is 1. The van der Waals surface area contributed by atoms with Gasteiger partial charge < -0.3 is 10.2 Å². The number of ketones is 1. The quantitative estimate of drug-likeness (QED) is 0.701. The zero-order valence-corrected chi connectivity index (χ0v) is 7.40. The standard InChI is InChI=1S/C10H13NO2/c11-8-4-1-3-7(8)10(12)9-5-2-6-13-9/h2,5-8H,1,3-4,11H2. The molecule has 0 spiro atoms. The Morgan fingerprint density at radius 2 is 2.38 bits per heavy atom. The molecule has 0 bridgehead atoms. The van der Waals surface area contributed by atoms with Crippen LogP contribution in [0, 0.1) is 5.92 Å². The molecule has 0 aliphatic heterocycles. The zero-order chi connectivity index (χ0) is 9.26. The summed E-state index contributed by atoms with van der Waals surface area (Å²) in [6.45, 7) is 0. The maximum atomic E-state index is 11.7. The van der Waals surface area contributed by atoms with Crippen molar-refractivity contribution in [3.63, 3.8) is 0 Å². The van der Waals surface area contributed by atoms with Gasteiger partial charge in [-0.15, -0.1) is 0 Å². The Morgan fingerprint density at radius 3 is 2.92 bits per heavy atom. The van der Waals surface area contributed by atoms with Gasteiger partial charge in [-0.1, -0.05) is 6.42 Å². The highest BCUT2D eigenvalue weighted by Crippen LogP contribution is 2.27. The van der Waals surface area contributed by atoms with Crippen molar-refractivity contribution < 1.29 is 9.21 Å². The van der Waals surface area contributed by atoms with Gasteiger partial charge in [0.1, 0.15) is 0 Å². The fourth-order valence-corrected chi connectivity index (χ4v) is 1.92. The summed E-state index contributed by atoms with van der Waals surface area (Å²) >= 11 is 0. The largest absolute Gasteiger partial charge is 0.461 e. The van der Waals surface area contributed by atoms with E-state index in [4.69, 9.17) is 10.2 Å². The molecule has 0 saturated heterocycles. The van der Waals surface area contributed by atoms with Crippen molar-refractivity contribution in [2.45, 2.75) is 25.3 Å². The second-order valence-corrected chi connectivity index (χ2v) is 3.54. The molecule has 2 rings (SSSR count). The highest BCUT2D eigenvalue weighted by molar-refractivity contribution is 5.95. The van der Waals surface area contributed by atoms with E-state index in [1.54, 1.807) is 12.1 Å².